The number of halogens is 2. The molecule has 2 heterocycles. The Kier molecular flexibility index (Phi) is 5.56. The van der Waals surface area contributed by atoms with E-state index in [0.29, 0.717) is 26.2 Å². The van der Waals surface area contributed by atoms with E-state index in [1.807, 2.05) is 0 Å². The topological polar surface area (TPSA) is 53.1 Å². The van der Waals surface area contributed by atoms with Crippen LogP contribution in [0, 0.1) is 19.7 Å². The van der Waals surface area contributed by atoms with Crippen molar-refractivity contribution in [1.29, 1.82) is 0 Å². The molecule has 8 heteroatoms. The summed E-state index contributed by atoms with van der Waals surface area (Å²) in [6.45, 7) is 7.00. The highest BCUT2D eigenvalue weighted by Crippen LogP contribution is 2.30. The third kappa shape index (κ3) is 3.81. The zero-order chi connectivity index (χ0) is 21.4. The van der Waals surface area contributed by atoms with Crippen molar-refractivity contribution in [3.63, 3.8) is 0 Å². The number of ether oxygens (including phenoxy) is 1. The van der Waals surface area contributed by atoms with Gasteiger partial charge in [0.1, 0.15) is 12.4 Å². The second-order valence-corrected chi connectivity index (χ2v) is 8.03. The Morgan fingerprint density at radius 2 is 1.77 bits per heavy atom. The van der Waals surface area contributed by atoms with E-state index in [1.165, 1.54) is 27.8 Å². The molecule has 0 bridgehead atoms. The summed E-state index contributed by atoms with van der Waals surface area (Å²) in [6.07, 6.45) is -0.619. The molecule has 2 saturated heterocycles. The number of carbonyl (C=O) groups is 2. The highest BCUT2D eigenvalue weighted by Gasteiger charge is 2.29. The van der Waals surface area contributed by atoms with Crippen LogP contribution >= 0.6 is 11.6 Å². The van der Waals surface area contributed by atoms with Crippen molar-refractivity contribution in [3.8, 4) is 0 Å². The molecule has 0 N–H and O–H groups in total. The van der Waals surface area contributed by atoms with Crippen LogP contribution in [0.3, 0.4) is 0 Å². The van der Waals surface area contributed by atoms with Gasteiger partial charge in [-0.15, -0.1) is 0 Å². The van der Waals surface area contributed by atoms with Crippen LogP contribution < -0.4 is 9.80 Å². The molecule has 0 radical (unpaired) electrons. The molecule has 0 unspecified atom stereocenters. The summed E-state index contributed by atoms with van der Waals surface area (Å²) in [4.78, 5) is 29.8. The van der Waals surface area contributed by atoms with Gasteiger partial charge in [-0.25, -0.2) is 9.18 Å². The quantitative estimate of drug-likeness (QED) is 0.736. The van der Waals surface area contributed by atoms with Crippen LogP contribution in [-0.4, -0.2) is 56.2 Å². The van der Waals surface area contributed by atoms with Gasteiger partial charge >= 0.3 is 6.09 Å². The standard InChI is InChI=1S/C22H23ClFN3O3/c1-14-3-4-19(15(2)11-14)25-5-7-26(8-6-25)21(28)16-12-18(24)20(13-17(16)23)27-9-10-30-22(27)29/h3-4,11-13H,5-10H2,1-2H3. The fraction of sp³-hybridized carbons (Fsp3) is 0.364. The largest absolute Gasteiger partial charge is 0.447 e. The molecule has 0 aromatic heterocycles. The van der Waals surface area contributed by atoms with Gasteiger partial charge in [-0.1, -0.05) is 29.3 Å². The highest BCUT2D eigenvalue weighted by molar-refractivity contribution is 6.34. The summed E-state index contributed by atoms with van der Waals surface area (Å²) < 4.78 is 19.5. The summed E-state index contributed by atoms with van der Waals surface area (Å²) in [5, 5.41) is 0.118. The predicted molar refractivity (Wildman–Crippen MR) is 114 cm³/mol. The molecule has 6 nitrogen and oxygen atoms in total. The van der Waals surface area contributed by atoms with Crippen molar-refractivity contribution in [3.05, 3.63) is 57.9 Å². The Morgan fingerprint density at radius 1 is 1.03 bits per heavy atom. The summed E-state index contributed by atoms with van der Waals surface area (Å²) in [5.74, 6) is -0.981. The molecule has 2 aromatic rings. The minimum atomic E-state index is -0.671. The molecular weight excluding hydrogens is 409 g/mol. The molecule has 2 amide bonds. The Morgan fingerprint density at radius 3 is 2.40 bits per heavy atom. The van der Waals surface area contributed by atoms with Crippen LogP contribution in [0.25, 0.3) is 0 Å². The summed E-state index contributed by atoms with van der Waals surface area (Å²) >= 11 is 6.30. The first-order valence-corrected chi connectivity index (χ1v) is 10.3. The summed E-state index contributed by atoms with van der Waals surface area (Å²) in [6, 6.07) is 8.77. The molecular formula is C22H23ClFN3O3. The van der Waals surface area contributed by atoms with Gasteiger partial charge in [0.25, 0.3) is 5.91 Å². The van der Waals surface area contributed by atoms with E-state index >= 15 is 0 Å². The van der Waals surface area contributed by atoms with Gasteiger partial charge < -0.3 is 14.5 Å². The smallest absolute Gasteiger partial charge is 0.414 e. The highest BCUT2D eigenvalue weighted by atomic mass is 35.5. The first-order chi connectivity index (χ1) is 14.3. The first-order valence-electron chi connectivity index (χ1n) is 9.90. The van der Waals surface area contributed by atoms with E-state index in [0.717, 1.165) is 6.07 Å². The number of anilines is 2. The second-order valence-electron chi connectivity index (χ2n) is 7.62. The van der Waals surface area contributed by atoms with Gasteiger partial charge in [-0.05, 0) is 37.6 Å². The Labute approximate surface area is 179 Å². The van der Waals surface area contributed by atoms with Crippen molar-refractivity contribution >= 4 is 35.0 Å². The second kappa shape index (κ2) is 8.14. The van der Waals surface area contributed by atoms with Gasteiger partial charge in [0.05, 0.1) is 22.8 Å². The van der Waals surface area contributed by atoms with Crippen LogP contribution in [0.1, 0.15) is 21.5 Å². The first kappa shape index (κ1) is 20.5. The van der Waals surface area contributed by atoms with Crippen LogP contribution in [0.2, 0.25) is 5.02 Å². The van der Waals surface area contributed by atoms with E-state index in [4.69, 9.17) is 16.3 Å². The van der Waals surface area contributed by atoms with Gasteiger partial charge in [0.2, 0.25) is 0 Å². The molecule has 2 aliphatic rings. The maximum atomic E-state index is 14.7. The number of hydrogen-bond donors (Lipinski definition) is 0. The number of piperazine rings is 1. The number of cyclic esters (lactones) is 1. The molecule has 0 saturated carbocycles. The van der Waals surface area contributed by atoms with E-state index in [-0.39, 0.29) is 35.3 Å². The molecule has 4 rings (SSSR count). The van der Waals surface area contributed by atoms with E-state index in [2.05, 4.69) is 36.9 Å². The SMILES string of the molecule is Cc1ccc(N2CCN(C(=O)c3cc(F)c(N4CCOC4=O)cc3Cl)CC2)c(C)c1. The Hall–Kier alpha value is -2.80. The van der Waals surface area contributed by atoms with E-state index in [1.54, 1.807) is 4.90 Å². The average molecular weight is 432 g/mol. The number of hydrogen-bond acceptors (Lipinski definition) is 4. The lowest BCUT2D eigenvalue weighted by Crippen LogP contribution is -2.49. The van der Waals surface area contributed by atoms with E-state index < -0.39 is 11.9 Å². The molecule has 0 atom stereocenters. The van der Waals surface area contributed by atoms with Crippen LogP contribution in [0.15, 0.2) is 30.3 Å². The maximum Gasteiger partial charge on any atom is 0.414 e. The lowest BCUT2D eigenvalue weighted by atomic mass is 10.1. The number of nitrogens with zero attached hydrogens (tertiary/aromatic N) is 3. The Bertz CT molecular complexity index is 1010. The van der Waals surface area contributed by atoms with Crippen molar-refractivity contribution < 1.29 is 18.7 Å². The lowest BCUT2D eigenvalue weighted by Gasteiger charge is -2.37. The zero-order valence-electron chi connectivity index (χ0n) is 17.0. The normalized spacial score (nSPS) is 16.8. The number of benzene rings is 2. The average Bonchev–Trinajstić information content (AvgIpc) is 3.15. The summed E-state index contributed by atoms with van der Waals surface area (Å²) in [5.41, 5.74) is 3.71. The van der Waals surface area contributed by atoms with Crippen molar-refractivity contribution in [2.24, 2.45) is 0 Å². The van der Waals surface area contributed by atoms with E-state index in [9.17, 15) is 14.0 Å². The number of aryl methyl sites for hydroxylation is 2. The molecule has 2 fully saturated rings. The van der Waals surface area contributed by atoms with Crippen LogP contribution in [-0.2, 0) is 4.74 Å². The van der Waals surface area contributed by atoms with Gasteiger partial charge in [0.15, 0.2) is 0 Å². The minimum absolute atomic E-state index is 0.0266. The van der Waals surface area contributed by atoms with Gasteiger partial charge in [-0.3, -0.25) is 9.69 Å². The zero-order valence-corrected chi connectivity index (χ0v) is 17.7. The number of rotatable bonds is 3. The minimum Gasteiger partial charge on any atom is -0.447 e. The van der Waals surface area contributed by atoms with Crippen molar-refractivity contribution in [2.45, 2.75) is 13.8 Å². The number of carbonyl (C=O) groups excluding carboxylic acids is 2. The number of amides is 2. The molecule has 2 aliphatic heterocycles. The van der Waals surface area contributed by atoms with Crippen molar-refractivity contribution in [2.75, 3.05) is 49.1 Å². The Balaban J connectivity index is 1.48. The lowest BCUT2D eigenvalue weighted by molar-refractivity contribution is 0.0746. The third-order valence-electron chi connectivity index (χ3n) is 5.58. The molecule has 158 valence electrons. The molecule has 2 aromatic carbocycles. The van der Waals surface area contributed by atoms with Gasteiger partial charge in [0, 0.05) is 31.9 Å². The molecule has 0 aliphatic carbocycles. The van der Waals surface area contributed by atoms with Gasteiger partial charge in [-0.2, -0.15) is 0 Å². The summed E-state index contributed by atoms with van der Waals surface area (Å²) in [7, 11) is 0. The molecule has 30 heavy (non-hydrogen) atoms. The monoisotopic (exact) mass is 431 g/mol. The predicted octanol–water partition coefficient (Wildman–Crippen LogP) is 4.01. The molecule has 0 spiro atoms. The fourth-order valence-electron chi connectivity index (χ4n) is 4.00. The van der Waals surface area contributed by atoms with Crippen molar-refractivity contribution in [1.82, 2.24) is 4.90 Å². The maximum absolute atomic E-state index is 14.7. The third-order valence-corrected chi connectivity index (χ3v) is 5.89. The fourth-order valence-corrected chi connectivity index (χ4v) is 4.24. The van der Waals surface area contributed by atoms with Crippen LogP contribution in [0.5, 0.6) is 0 Å². The van der Waals surface area contributed by atoms with Crippen LogP contribution in [0.4, 0.5) is 20.6 Å².